The summed E-state index contributed by atoms with van der Waals surface area (Å²) in [6.45, 7) is 13.6. The minimum absolute atomic E-state index is 0.00532. The predicted octanol–water partition coefficient (Wildman–Crippen LogP) is 3.20. The van der Waals surface area contributed by atoms with Crippen molar-refractivity contribution in [3.8, 4) is 0 Å². The van der Waals surface area contributed by atoms with Crippen molar-refractivity contribution in [2.24, 2.45) is 5.92 Å². The molecule has 0 aliphatic carbocycles. The molecular weight excluding hydrogens is 415 g/mol. The molecule has 11 heteroatoms. The van der Waals surface area contributed by atoms with Gasteiger partial charge < -0.3 is 29.2 Å². The molecule has 0 radical (unpaired) electrons. The standard InChI is InChI=1S/C19H37N2O8P/c1-9-26-17(23)16(30(25,27-10-2)28-11-3)21-15(22)14(12-13(4)5)20-18(24)29-19(6,7)8/h13-14,16H,9-12H2,1-8H3,(H,20,24)(H,21,22)/t14-,16?/m0/s1. The Morgan fingerprint density at radius 3 is 1.87 bits per heavy atom. The van der Waals surface area contributed by atoms with E-state index >= 15 is 0 Å². The Morgan fingerprint density at radius 2 is 1.47 bits per heavy atom. The molecule has 10 nitrogen and oxygen atoms in total. The third kappa shape index (κ3) is 10.4. The summed E-state index contributed by atoms with van der Waals surface area (Å²) in [5.74, 6) is -3.31. The van der Waals surface area contributed by atoms with Gasteiger partial charge in [0.15, 0.2) is 0 Å². The lowest BCUT2D eigenvalue weighted by molar-refractivity contribution is -0.145. The maximum Gasteiger partial charge on any atom is 0.408 e. The van der Waals surface area contributed by atoms with Crippen molar-refractivity contribution in [1.29, 1.82) is 0 Å². The Hall–Kier alpha value is -1.64. The van der Waals surface area contributed by atoms with Crippen LogP contribution in [0.25, 0.3) is 0 Å². The Kier molecular flexibility index (Phi) is 12.2. The van der Waals surface area contributed by atoms with E-state index in [1.807, 2.05) is 13.8 Å². The summed E-state index contributed by atoms with van der Waals surface area (Å²) >= 11 is 0. The number of rotatable bonds is 12. The number of ether oxygens (including phenoxy) is 2. The molecule has 2 atom stereocenters. The molecule has 0 saturated heterocycles. The van der Waals surface area contributed by atoms with Crippen LogP contribution in [-0.2, 0) is 32.7 Å². The van der Waals surface area contributed by atoms with E-state index in [4.69, 9.17) is 18.5 Å². The fourth-order valence-electron chi connectivity index (χ4n) is 2.42. The molecular formula is C19H37N2O8P. The lowest BCUT2D eigenvalue weighted by atomic mass is 10.0. The van der Waals surface area contributed by atoms with E-state index in [1.54, 1.807) is 41.5 Å². The second-order valence-electron chi connectivity index (χ2n) is 7.87. The van der Waals surface area contributed by atoms with Crippen LogP contribution in [0, 0.1) is 5.92 Å². The zero-order valence-electron chi connectivity index (χ0n) is 19.3. The van der Waals surface area contributed by atoms with Crippen molar-refractivity contribution < 1.29 is 37.5 Å². The van der Waals surface area contributed by atoms with Gasteiger partial charge in [0.05, 0.1) is 19.8 Å². The third-order valence-corrected chi connectivity index (χ3v) is 5.65. The van der Waals surface area contributed by atoms with Gasteiger partial charge in [-0.15, -0.1) is 0 Å². The summed E-state index contributed by atoms with van der Waals surface area (Å²) in [6.07, 6.45) is -0.525. The Balaban J connectivity index is 5.71. The van der Waals surface area contributed by atoms with Gasteiger partial charge in [-0.1, -0.05) is 13.8 Å². The van der Waals surface area contributed by atoms with Crippen LogP contribution < -0.4 is 10.6 Å². The zero-order valence-corrected chi connectivity index (χ0v) is 20.2. The smallest absolute Gasteiger partial charge is 0.408 e. The van der Waals surface area contributed by atoms with Crippen molar-refractivity contribution in [3.05, 3.63) is 0 Å². The van der Waals surface area contributed by atoms with Crippen LogP contribution in [0.4, 0.5) is 4.79 Å². The number of hydrogen-bond acceptors (Lipinski definition) is 8. The van der Waals surface area contributed by atoms with E-state index in [1.165, 1.54) is 0 Å². The molecule has 0 aliphatic heterocycles. The highest BCUT2D eigenvalue weighted by Gasteiger charge is 2.44. The minimum atomic E-state index is -4.06. The minimum Gasteiger partial charge on any atom is -0.464 e. The van der Waals surface area contributed by atoms with Crippen LogP contribution in [0.15, 0.2) is 0 Å². The molecule has 0 bridgehead atoms. The molecule has 30 heavy (non-hydrogen) atoms. The van der Waals surface area contributed by atoms with Crippen LogP contribution >= 0.6 is 7.60 Å². The second kappa shape index (κ2) is 12.9. The first-order valence-electron chi connectivity index (χ1n) is 10.1. The van der Waals surface area contributed by atoms with Gasteiger partial charge in [0.1, 0.15) is 11.6 Å². The number of esters is 1. The van der Waals surface area contributed by atoms with Crippen molar-refractivity contribution in [3.63, 3.8) is 0 Å². The highest BCUT2D eigenvalue weighted by molar-refractivity contribution is 7.55. The summed E-state index contributed by atoms with van der Waals surface area (Å²) < 4.78 is 33.7. The van der Waals surface area contributed by atoms with E-state index in [-0.39, 0.29) is 32.2 Å². The SMILES string of the molecule is CCOC(=O)C(NC(=O)[C@H](CC(C)C)NC(=O)OC(C)(C)C)P(=O)(OCC)OCC. The topological polar surface area (TPSA) is 129 Å². The van der Waals surface area contributed by atoms with E-state index < -0.39 is 43.0 Å². The molecule has 2 N–H and O–H groups in total. The summed E-state index contributed by atoms with van der Waals surface area (Å²) in [5, 5.41) is 4.89. The Bertz CT molecular complexity index is 608. The monoisotopic (exact) mass is 452 g/mol. The summed E-state index contributed by atoms with van der Waals surface area (Å²) in [5.41, 5.74) is -0.754. The number of alkyl carbamates (subject to hydrolysis) is 1. The highest BCUT2D eigenvalue weighted by atomic mass is 31.2. The van der Waals surface area contributed by atoms with Gasteiger partial charge in [-0.05, 0) is 53.9 Å². The predicted molar refractivity (Wildman–Crippen MR) is 112 cm³/mol. The van der Waals surface area contributed by atoms with E-state index in [9.17, 15) is 18.9 Å². The fourth-order valence-corrected chi connectivity index (χ4v) is 4.13. The summed E-state index contributed by atoms with van der Waals surface area (Å²) in [7, 11) is -4.06. The van der Waals surface area contributed by atoms with Crippen LogP contribution in [-0.4, -0.2) is 55.2 Å². The fraction of sp³-hybridized carbons (Fsp3) is 0.842. The van der Waals surface area contributed by atoms with Gasteiger partial charge >= 0.3 is 19.7 Å². The number of carbonyl (C=O) groups is 3. The average Bonchev–Trinajstić information content (AvgIpc) is 2.57. The highest BCUT2D eigenvalue weighted by Crippen LogP contribution is 2.52. The van der Waals surface area contributed by atoms with Crippen LogP contribution in [0.3, 0.4) is 0 Å². The summed E-state index contributed by atoms with van der Waals surface area (Å²) in [6, 6.07) is -1.03. The molecule has 0 aromatic rings. The van der Waals surface area contributed by atoms with Crippen LogP contribution in [0.5, 0.6) is 0 Å². The summed E-state index contributed by atoms with van der Waals surface area (Å²) in [4.78, 5) is 37.6. The molecule has 0 saturated carbocycles. The quantitative estimate of drug-likeness (QED) is 0.341. The maximum atomic E-state index is 13.1. The maximum absolute atomic E-state index is 13.1. The van der Waals surface area contributed by atoms with E-state index in [0.29, 0.717) is 0 Å². The molecule has 0 aromatic carbocycles. The third-order valence-electron chi connectivity index (χ3n) is 3.44. The first-order chi connectivity index (χ1) is 13.8. The number of hydrogen-bond donors (Lipinski definition) is 2. The van der Waals surface area contributed by atoms with E-state index in [0.717, 1.165) is 0 Å². The lowest BCUT2D eigenvalue weighted by Gasteiger charge is -2.28. The van der Waals surface area contributed by atoms with Gasteiger partial charge in [0.25, 0.3) is 0 Å². The number of nitrogens with one attached hydrogen (secondary N) is 2. The Morgan fingerprint density at radius 1 is 0.933 bits per heavy atom. The molecule has 0 aliphatic rings. The van der Waals surface area contributed by atoms with Gasteiger partial charge in [0.2, 0.25) is 11.7 Å². The molecule has 1 unspecified atom stereocenters. The van der Waals surface area contributed by atoms with Crippen LogP contribution in [0.1, 0.15) is 61.8 Å². The second-order valence-corrected chi connectivity index (χ2v) is 9.98. The normalized spacial score (nSPS) is 14.0. The van der Waals surface area contributed by atoms with Gasteiger partial charge in [-0.3, -0.25) is 9.36 Å². The molecule has 0 fully saturated rings. The molecule has 0 aromatic heterocycles. The van der Waals surface area contributed by atoms with Gasteiger partial charge in [0, 0.05) is 0 Å². The van der Waals surface area contributed by atoms with Crippen molar-refractivity contribution in [2.45, 2.75) is 79.2 Å². The molecule has 0 heterocycles. The van der Waals surface area contributed by atoms with Crippen LogP contribution in [0.2, 0.25) is 0 Å². The van der Waals surface area contributed by atoms with Gasteiger partial charge in [-0.2, -0.15) is 0 Å². The van der Waals surface area contributed by atoms with Crippen molar-refractivity contribution in [1.82, 2.24) is 10.6 Å². The lowest BCUT2D eigenvalue weighted by Crippen LogP contribution is -2.53. The van der Waals surface area contributed by atoms with Gasteiger partial charge in [-0.25, -0.2) is 9.59 Å². The molecule has 2 amide bonds. The molecule has 176 valence electrons. The van der Waals surface area contributed by atoms with E-state index in [2.05, 4.69) is 10.6 Å². The van der Waals surface area contributed by atoms with Crippen molar-refractivity contribution in [2.75, 3.05) is 19.8 Å². The average molecular weight is 452 g/mol. The largest absolute Gasteiger partial charge is 0.464 e. The zero-order chi connectivity index (χ0) is 23.5. The molecule has 0 rings (SSSR count). The van der Waals surface area contributed by atoms with Crippen molar-refractivity contribution >= 4 is 25.6 Å². The first kappa shape index (κ1) is 28.4. The number of amides is 2. The molecule has 0 spiro atoms. The Labute approximate surface area is 179 Å². The number of carbonyl (C=O) groups excluding carboxylic acids is 3. The first-order valence-corrected chi connectivity index (χ1v) is 11.8.